The molecule has 2 aromatic carbocycles. The fraction of sp³-hybridized carbons (Fsp3) is 0.150. The van der Waals surface area contributed by atoms with Crippen LogP contribution in [0.4, 0.5) is 11.4 Å². The number of hydrogen-bond donors (Lipinski definition) is 2. The lowest BCUT2D eigenvalue weighted by Gasteiger charge is -2.08. The maximum Gasteiger partial charge on any atom is 0.262 e. The summed E-state index contributed by atoms with van der Waals surface area (Å²) in [4.78, 5) is 24.7. The molecule has 2 amide bonds. The van der Waals surface area contributed by atoms with Gasteiger partial charge in [0.2, 0.25) is 5.88 Å². The average molecular weight is 380 g/mol. The molecule has 1 heterocycles. The second kappa shape index (κ2) is 8.26. The molecule has 0 radical (unpaired) electrons. The van der Waals surface area contributed by atoms with Crippen molar-refractivity contribution in [2.45, 2.75) is 0 Å². The van der Waals surface area contributed by atoms with Gasteiger partial charge in [-0.2, -0.15) is 0 Å². The van der Waals surface area contributed by atoms with Gasteiger partial charge in [-0.3, -0.25) is 14.3 Å². The van der Waals surface area contributed by atoms with Gasteiger partial charge in [0, 0.05) is 30.2 Å². The summed E-state index contributed by atoms with van der Waals surface area (Å²) in [5, 5.41) is 9.61. The molecule has 0 fully saturated rings. The summed E-state index contributed by atoms with van der Waals surface area (Å²) in [5.41, 5.74) is 2.00. The minimum atomic E-state index is -0.347. The van der Waals surface area contributed by atoms with Crippen LogP contribution in [0.15, 0.2) is 54.7 Å². The standard InChI is InChI=1S/C20H20N4O4/c1-24-12-17(20(23-24)28-3)19(26)22-14-6-4-13(5-7-14)18(25)21-15-8-10-16(27-2)11-9-15/h4-12H,1-3H3,(H,21,25)(H,22,26). The first-order chi connectivity index (χ1) is 13.5. The van der Waals surface area contributed by atoms with E-state index in [2.05, 4.69) is 15.7 Å². The van der Waals surface area contributed by atoms with Crippen LogP contribution in [-0.2, 0) is 7.05 Å². The number of carbonyl (C=O) groups excluding carboxylic acids is 2. The zero-order valence-corrected chi connectivity index (χ0v) is 15.7. The number of rotatable bonds is 6. The Morgan fingerprint density at radius 3 is 2.00 bits per heavy atom. The molecule has 8 heteroatoms. The van der Waals surface area contributed by atoms with Crippen LogP contribution in [-0.4, -0.2) is 35.8 Å². The second-order valence-electron chi connectivity index (χ2n) is 5.94. The highest BCUT2D eigenvalue weighted by Crippen LogP contribution is 2.19. The Hall–Kier alpha value is -3.81. The summed E-state index contributed by atoms with van der Waals surface area (Å²) < 4.78 is 11.7. The van der Waals surface area contributed by atoms with Gasteiger partial charge in [-0.25, -0.2) is 0 Å². The van der Waals surface area contributed by atoms with Crippen molar-refractivity contribution in [2.75, 3.05) is 24.9 Å². The Bertz CT molecular complexity index is 978. The highest BCUT2D eigenvalue weighted by molar-refractivity contribution is 6.07. The number of hydrogen-bond acceptors (Lipinski definition) is 5. The fourth-order valence-electron chi connectivity index (χ4n) is 2.56. The Kier molecular flexibility index (Phi) is 5.59. The number of aromatic nitrogens is 2. The monoisotopic (exact) mass is 380 g/mol. The summed E-state index contributed by atoms with van der Waals surface area (Å²) in [5.74, 6) is 0.358. The summed E-state index contributed by atoms with van der Waals surface area (Å²) in [7, 11) is 4.74. The van der Waals surface area contributed by atoms with Crippen LogP contribution >= 0.6 is 0 Å². The van der Waals surface area contributed by atoms with Crippen molar-refractivity contribution in [3.63, 3.8) is 0 Å². The minimum Gasteiger partial charge on any atom is -0.497 e. The molecule has 2 N–H and O–H groups in total. The normalized spacial score (nSPS) is 10.2. The van der Waals surface area contributed by atoms with E-state index in [4.69, 9.17) is 9.47 Å². The van der Waals surface area contributed by atoms with Crippen LogP contribution in [0.3, 0.4) is 0 Å². The first kappa shape index (κ1) is 19.0. The van der Waals surface area contributed by atoms with Gasteiger partial charge in [-0.1, -0.05) is 0 Å². The predicted molar refractivity (Wildman–Crippen MR) is 105 cm³/mol. The molecule has 0 aliphatic carbocycles. The zero-order chi connectivity index (χ0) is 20.1. The Balaban J connectivity index is 1.65. The maximum atomic E-state index is 12.4. The number of benzene rings is 2. The summed E-state index contributed by atoms with van der Waals surface area (Å²) >= 11 is 0. The van der Waals surface area contributed by atoms with E-state index < -0.39 is 0 Å². The zero-order valence-electron chi connectivity index (χ0n) is 15.7. The largest absolute Gasteiger partial charge is 0.497 e. The maximum absolute atomic E-state index is 12.4. The van der Waals surface area contributed by atoms with Crippen molar-refractivity contribution in [1.82, 2.24) is 9.78 Å². The molecular formula is C20H20N4O4. The number of ether oxygens (including phenoxy) is 2. The molecule has 0 bridgehead atoms. The van der Waals surface area contributed by atoms with Crippen molar-refractivity contribution in [3.05, 3.63) is 65.9 Å². The Labute approximate surface area is 162 Å². The second-order valence-corrected chi connectivity index (χ2v) is 5.94. The van der Waals surface area contributed by atoms with E-state index in [1.54, 1.807) is 68.9 Å². The predicted octanol–water partition coefficient (Wildman–Crippen LogP) is 2.94. The van der Waals surface area contributed by atoms with Gasteiger partial charge in [0.1, 0.15) is 11.3 Å². The summed E-state index contributed by atoms with van der Waals surface area (Å²) in [6.45, 7) is 0. The lowest BCUT2D eigenvalue weighted by Crippen LogP contribution is -2.14. The van der Waals surface area contributed by atoms with Crippen molar-refractivity contribution in [2.24, 2.45) is 7.05 Å². The number of nitrogens with zero attached hydrogens (tertiary/aromatic N) is 2. The molecule has 0 saturated carbocycles. The molecule has 3 aromatic rings. The molecule has 28 heavy (non-hydrogen) atoms. The molecule has 0 saturated heterocycles. The van der Waals surface area contributed by atoms with Gasteiger partial charge in [-0.15, -0.1) is 5.10 Å². The van der Waals surface area contributed by atoms with Gasteiger partial charge in [0.15, 0.2) is 0 Å². The van der Waals surface area contributed by atoms with E-state index in [1.165, 1.54) is 11.8 Å². The minimum absolute atomic E-state index is 0.246. The van der Waals surface area contributed by atoms with E-state index >= 15 is 0 Å². The number of amides is 2. The van der Waals surface area contributed by atoms with Gasteiger partial charge < -0.3 is 20.1 Å². The van der Waals surface area contributed by atoms with Crippen LogP contribution in [0.2, 0.25) is 0 Å². The molecular weight excluding hydrogens is 360 g/mol. The number of nitrogens with one attached hydrogen (secondary N) is 2. The van der Waals surface area contributed by atoms with Crippen LogP contribution < -0.4 is 20.1 Å². The highest BCUT2D eigenvalue weighted by atomic mass is 16.5. The van der Waals surface area contributed by atoms with Crippen LogP contribution in [0.25, 0.3) is 0 Å². The molecule has 0 aliphatic heterocycles. The first-order valence-electron chi connectivity index (χ1n) is 8.44. The van der Waals surface area contributed by atoms with E-state index in [-0.39, 0.29) is 17.7 Å². The Morgan fingerprint density at radius 2 is 1.43 bits per heavy atom. The highest BCUT2D eigenvalue weighted by Gasteiger charge is 2.16. The molecule has 0 atom stereocenters. The third kappa shape index (κ3) is 4.29. The molecule has 0 unspecified atom stereocenters. The molecule has 3 rings (SSSR count). The first-order valence-corrected chi connectivity index (χ1v) is 8.44. The van der Waals surface area contributed by atoms with E-state index in [0.717, 1.165) is 0 Å². The SMILES string of the molecule is COc1ccc(NC(=O)c2ccc(NC(=O)c3cn(C)nc3OC)cc2)cc1. The smallest absolute Gasteiger partial charge is 0.262 e. The van der Waals surface area contributed by atoms with Gasteiger partial charge in [0.25, 0.3) is 11.8 Å². The van der Waals surface area contributed by atoms with Gasteiger partial charge >= 0.3 is 0 Å². The molecule has 0 aliphatic rings. The molecule has 0 spiro atoms. The van der Waals surface area contributed by atoms with Crippen LogP contribution in [0.1, 0.15) is 20.7 Å². The summed E-state index contributed by atoms with van der Waals surface area (Å²) in [6, 6.07) is 13.6. The number of anilines is 2. The van der Waals surface area contributed by atoms with Crippen molar-refractivity contribution in [3.8, 4) is 11.6 Å². The lowest BCUT2D eigenvalue weighted by atomic mass is 10.2. The van der Waals surface area contributed by atoms with Crippen molar-refractivity contribution >= 4 is 23.2 Å². The number of aryl methyl sites for hydroxylation is 1. The quantitative estimate of drug-likeness (QED) is 0.686. The third-order valence-corrected chi connectivity index (χ3v) is 3.99. The topological polar surface area (TPSA) is 94.5 Å². The van der Waals surface area contributed by atoms with Crippen molar-refractivity contribution in [1.29, 1.82) is 0 Å². The third-order valence-electron chi connectivity index (χ3n) is 3.99. The lowest BCUT2D eigenvalue weighted by molar-refractivity contribution is 0.101. The molecule has 8 nitrogen and oxygen atoms in total. The number of methoxy groups -OCH3 is 2. The van der Waals surface area contributed by atoms with Gasteiger partial charge in [0.05, 0.1) is 14.2 Å². The van der Waals surface area contributed by atoms with Crippen molar-refractivity contribution < 1.29 is 19.1 Å². The Morgan fingerprint density at radius 1 is 0.857 bits per heavy atom. The van der Waals surface area contributed by atoms with Gasteiger partial charge in [-0.05, 0) is 48.5 Å². The van der Waals surface area contributed by atoms with E-state index in [0.29, 0.717) is 28.3 Å². The summed E-state index contributed by atoms with van der Waals surface area (Å²) in [6.07, 6.45) is 1.57. The van der Waals surface area contributed by atoms with E-state index in [1.807, 2.05) is 0 Å². The van der Waals surface area contributed by atoms with E-state index in [9.17, 15) is 9.59 Å². The van der Waals surface area contributed by atoms with Crippen LogP contribution in [0, 0.1) is 0 Å². The fourth-order valence-corrected chi connectivity index (χ4v) is 2.56. The molecule has 144 valence electrons. The average Bonchev–Trinajstić information content (AvgIpc) is 3.10. The van der Waals surface area contributed by atoms with Crippen LogP contribution in [0.5, 0.6) is 11.6 Å². The molecule has 1 aromatic heterocycles. The number of carbonyl (C=O) groups is 2.